The van der Waals surface area contributed by atoms with Crippen LogP contribution < -0.4 is 5.43 Å². The molecule has 0 aliphatic carbocycles. The Bertz CT molecular complexity index is 494. The number of anilines is 1. The molecule has 0 bridgehead atoms. The van der Waals surface area contributed by atoms with Gasteiger partial charge < -0.3 is 15.4 Å². The minimum Gasteiger partial charge on any atom is -0.478 e. The van der Waals surface area contributed by atoms with E-state index in [0.717, 1.165) is 13.1 Å². The second-order valence-corrected chi connectivity index (χ2v) is 4.66. The van der Waals surface area contributed by atoms with Crippen LogP contribution in [0.1, 0.15) is 10.4 Å². The van der Waals surface area contributed by atoms with E-state index >= 15 is 0 Å². The summed E-state index contributed by atoms with van der Waals surface area (Å²) in [5.41, 5.74) is 2.59. The van der Waals surface area contributed by atoms with Gasteiger partial charge in [0.25, 0.3) is 5.69 Å². The molecule has 2 rings (SSSR count). The lowest BCUT2D eigenvalue weighted by atomic mass is 10.1. The number of carboxylic acid groups (broad SMARTS) is 1. The summed E-state index contributed by atoms with van der Waals surface area (Å²) in [5.74, 6) is -1.19. The van der Waals surface area contributed by atoms with Gasteiger partial charge in [-0.2, -0.15) is 0 Å². The third-order valence-corrected chi connectivity index (χ3v) is 3.24. The van der Waals surface area contributed by atoms with Crippen LogP contribution in [0.2, 0.25) is 0 Å². The van der Waals surface area contributed by atoms with Gasteiger partial charge in [-0.1, -0.05) is 6.07 Å². The van der Waals surface area contributed by atoms with Crippen molar-refractivity contribution in [2.24, 2.45) is 0 Å². The average Bonchev–Trinajstić information content (AvgIpc) is 2.41. The highest BCUT2D eigenvalue weighted by atomic mass is 16.6. The Morgan fingerprint density at radius 1 is 1.35 bits per heavy atom. The van der Waals surface area contributed by atoms with Gasteiger partial charge in [-0.05, 0) is 13.1 Å². The molecule has 0 saturated carbocycles. The number of likely N-dealkylation sites (N-methyl/N-ethyl adjacent to an activating group) is 1. The van der Waals surface area contributed by atoms with Crippen LogP contribution in [0.15, 0.2) is 18.2 Å². The van der Waals surface area contributed by atoms with Crippen LogP contribution in [0, 0.1) is 10.1 Å². The van der Waals surface area contributed by atoms with Gasteiger partial charge in [-0.25, -0.2) is 9.80 Å². The Hall–Kier alpha value is -2.19. The number of rotatable bonds is 4. The van der Waals surface area contributed by atoms with Crippen LogP contribution in [0.3, 0.4) is 0 Å². The molecule has 1 aliphatic heterocycles. The fourth-order valence-electron chi connectivity index (χ4n) is 2.06. The normalized spacial score (nSPS) is 16.9. The second kappa shape index (κ2) is 5.85. The lowest BCUT2D eigenvalue weighted by Crippen LogP contribution is -2.47. The quantitative estimate of drug-likeness (QED) is 0.623. The van der Waals surface area contributed by atoms with E-state index in [9.17, 15) is 14.9 Å². The number of nitrogens with one attached hydrogen (secondary N) is 1. The van der Waals surface area contributed by atoms with E-state index in [1.54, 1.807) is 5.01 Å². The summed E-state index contributed by atoms with van der Waals surface area (Å²) in [5, 5.41) is 22.0. The number of nitro benzene ring substituents is 1. The molecule has 1 aromatic carbocycles. The molecule has 0 radical (unpaired) electrons. The highest BCUT2D eigenvalue weighted by Gasteiger charge is 2.24. The van der Waals surface area contributed by atoms with E-state index in [1.165, 1.54) is 18.2 Å². The third kappa shape index (κ3) is 3.03. The Morgan fingerprint density at radius 2 is 2.00 bits per heavy atom. The van der Waals surface area contributed by atoms with Gasteiger partial charge in [0.2, 0.25) is 0 Å². The van der Waals surface area contributed by atoms with Gasteiger partial charge in [0.15, 0.2) is 0 Å². The fourth-order valence-corrected chi connectivity index (χ4v) is 2.06. The SMILES string of the molecule is CN1CCN(Nc2c(C(=O)O)cccc2[N+](=O)[O-])CC1. The van der Waals surface area contributed by atoms with Crippen LogP contribution >= 0.6 is 0 Å². The molecule has 0 unspecified atom stereocenters. The molecular weight excluding hydrogens is 264 g/mol. The van der Waals surface area contributed by atoms with Gasteiger partial charge in [0.1, 0.15) is 5.69 Å². The van der Waals surface area contributed by atoms with Gasteiger partial charge in [-0.15, -0.1) is 0 Å². The zero-order chi connectivity index (χ0) is 14.7. The molecule has 0 amide bonds. The molecule has 0 atom stereocenters. The minimum absolute atomic E-state index is 0.0366. The van der Waals surface area contributed by atoms with E-state index in [-0.39, 0.29) is 16.9 Å². The van der Waals surface area contributed by atoms with Crippen molar-refractivity contribution in [3.05, 3.63) is 33.9 Å². The highest BCUT2D eigenvalue weighted by molar-refractivity contribution is 5.96. The molecular formula is C12H16N4O4. The largest absolute Gasteiger partial charge is 0.478 e. The third-order valence-electron chi connectivity index (χ3n) is 3.24. The van der Waals surface area contributed by atoms with Crippen LogP contribution in [-0.2, 0) is 0 Å². The maximum Gasteiger partial charge on any atom is 0.338 e. The fraction of sp³-hybridized carbons (Fsp3) is 0.417. The predicted octanol–water partition coefficient (Wildman–Crippen LogP) is 0.867. The topological polar surface area (TPSA) is 99.0 Å². The minimum atomic E-state index is -1.19. The zero-order valence-corrected chi connectivity index (χ0v) is 11.1. The smallest absolute Gasteiger partial charge is 0.338 e. The second-order valence-electron chi connectivity index (χ2n) is 4.66. The van der Waals surface area contributed by atoms with Crippen molar-refractivity contribution < 1.29 is 14.8 Å². The molecule has 8 nitrogen and oxygen atoms in total. The summed E-state index contributed by atoms with van der Waals surface area (Å²) in [6, 6.07) is 4.02. The number of nitrogens with zero attached hydrogens (tertiary/aromatic N) is 3. The lowest BCUT2D eigenvalue weighted by Gasteiger charge is -2.33. The number of hydrogen-bond donors (Lipinski definition) is 2. The number of aromatic carboxylic acids is 1. The highest BCUT2D eigenvalue weighted by Crippen LogP contribution is 2.29. The Kier molecular flexibility index (Phi) is 4.16. The van der Waals surface area contributed by atoms with Crippen molar-refractivity contribution in [2.45, 2.75) is 0 Å². The zero-order valence-electron chi connectivity index (χ0n) is 11.1. The van der Waals surface area contributed by atoms with Crippen LogP contribution in [0.4, 0.5) is 11.4 Å². The first-order valence-corrected chi connectivity index (χ1v) is 6.20. The van der Waals surface area contributed by atoms with Crippen molar-refractivity contribution >= 4 is 17.3 Å². The molecule has 8 heteroatoms. The van der Waals surface area contributed by atoms with Gasteiger partial charge in [0, 0.05) is 32.2 Å². The first-order valence-electron chi connectivity index (χ1n) is 6.20. The molecule has 1 heterocycles. The molecule has 0 aromatic heterocycles. The van der Waals surface area contributed by atoms with Crippen molar-refractivity contribution in [1.82, 2.24) is 9.91 Å². The summed E-state index contributed by atoms with van der Waals surface area (Å²) >= 11 is 0. The van der Waals surface area contributed by atoms with Crippen molar-refractivity contribution in [3.63, 3.8) is 0 Å². The summed E-state index contributed by atoms with van der Waals surface area (Å²) in [4.78, 5) is 23.8. The van der Waals surface area contributed by atoms with Gasteiger partial charge >= 0.3 is 5.97 Å². The summed E-state index contributed by atoms with van der Waals surface area (Å²) in [6.45, 7) is 2.97. The Morgan fingerprint density at radius 3 is 2.55 bits per heavy atom. The number of hydrazine groups is 1. The summed E-state index contributed by atoms with van der Waals surface area (Å²) in [6.07, 6.45) is 0. The van der Waals surface area contributed by atoms with Gasteiger partial charge in [0.05, 0.1) is 10.5 Å². The first kappa shape index (κ1) is 14.2. The molecule has 20 heavy (non-hydrogen) atoms. The van der Waals surface area contributed by atoms with Gasteiger partial charge in [-0.3, -0.25) is 10.1 Å². The number of carboxylic acids is 1. The monoisotopic (exact) mass is 280 g/mol. The van der Waals surface area contributed by atoms with E-state index < -0.39 is 10.9 Å². The number of benzene rings is 1. The van der Waals surface area contributed by atoms with E-state index in [1.807, 2.05) is 7.05 Å². The van der Waals surface area contributed by atoms with Crippen LogP contribution in [0.5, 0.6) is 0 Å². The number of piperazine rings is 1. The standard InChI is InChI=1S/C12H16N4O4/c1-14-5-7-15(8-6-14)13-11-9(12(17)18)3-2-4-10(11)16(19)20/h2-4,13H,5-8H2,1H3,(H,17,18). The predicted molar refractivity (Wildman–Crippen MR) is 72.7 cm³/mol. The van der Waals surface area contributed by atoms with E-state index in [0.29, 0.717) is 13.1 Å². The number of para-hydroxylation sites is 1. The molecule has 2 N–H and O–H groups in total. The first-order chi connectivity index (χ1) is 9.49. The van der Waals surface area contributed by atoms with Crippen molar-refractivity contribution in [3.8, 4) is 0 Å². The summed E-state index contributed by atoms with van der Waals surface area (Å²) < 4.78 is 0. The summed E-state index contributed by atoms with van der Waals surface area (Å²) in [7, 11) is 1.99. The van der Waals surface area contributed by atoms with E-state index in [4.69, 9.17) is 5.11 Å². The molecule has 1 aliphatic rings. The molecule has 1 aromatic rings. The maximum atomic E-state index is 11.2. The number of carbonyl (C=O) groups is 1. The molecule has 1 saturated heterocycles. The number of hydrogen-bond acceptors (Lipinski definition) is 6. The molecule has 0 spiro atoms. The van der Waals surface area contributed by atoms with Crippen LogP contribution in [-0.4, -0.2) is 59.1 Å². The molecule has 1 fully saturated rings. The lowest BCUT2D eigenvalue weighted by molar-refractivity contribution is -0.384. The molecule has 108 valence electrons. The van der Waals surface area contributed by atoms with Crippen molar-refractivity contribution in [1.29, 1.82) is 0 Å². The number of nitro groups is 1. The average molecular weight is 280 g/mol. The van der Waals surface area contributed by atoms with E-state index in [2.05, 4.69) is 10.3 Å². The maximum absolute atomic E-state index is 11.2. The van der Waals surface area contributed by atoms with Crippen LogP contribution in [0.25, 0.3) is 0 Å². The Labute approximate surface area is 115 Å². The Balaban J connectivity index is 2.28. The van der Waals surface area contributed by atoms with Crippen molar-refractivity contribution in [2.75, 3.05) is 38.7 Å².